The van der Waals surface area contributed by atoms with Gasteiger partial charge in [-0.25, -0.2) is 4.79 Å². The maximum absolute atomic E-state index is 11.7. The Kier molecular flexibility index (Phi) is 2.93. The van der Waals surface area contributed by atoms with Gasteiger partial charge in [-0.05, 0) is 30.2 Å². The Morgan fingerprint density at radius 1 is 1.38 bits per heavy atom. The van der Waals surface area contributed by atoms with Crippen molar-refractivity contribution in [1.29, 1.82) is 0 Å². The largest absolute Gasteiger partial charge is 0.465 e. The summed E-state index contributed by atoms with van der Waals surface area (Å²) in [7, 11) is 1.41. The Hall–Kier alpha value is -1.03. The van der Waals surface area contributed by atoms with Crippen molar-refractivity contribution in [1.82, 2.24) is 0 Å². The zero-order chi connectivity index (χ0) is 11.9. The average molecular weight is 239 g/mol. The topological polar surface area (TPSA) is 52.3 Å². The number of ether oxygens (including phenoxy) is 1. The summed E-state index contributed by atoms with van der Waals surface area (Å²) in [5, 5.41) is 0.609. The molecule has 0 spiro atoms. The standard InChI is InChI=1S/C12H17NO2S/c1-6-4-5-7(2)10-8(6)9(11(13)16-10)12(14)15-3/h6-7H,4-5,13H2,1-3H3. The summed E-state index contributed by atoms with van der Waals surface area (Å²) < 4.78 is 4.81. The quantitative estimate of drug-likeness (QED) is 0.766. The number of methoxy groups -OCH3 is 1. The molecule has 1 heterocycles. The van der Waals surface area contributed by atoms with Gasteiger partial charge in [-0.15, -0.1) is 11.3 Å². The third-order valence-electron chi connectivity index (χ3n) is 3.36. The van der Waals surface area contributed by atoms with Crippen LogP contribution in [0.1, 0.15) is 59.3 Å². The van der Waals surface area contributed by atoms with E-state index in [4.69, 9.17) is 10.5 Å². The highest BCUT2D eigenvalue weighted by Crippen LogP contribution is 2.47. The van der Waals surface area contributed by atoms with E-state index in [0.29, 0.717) is 22.4 Å². The first kappa shape index (κ1) is 11.5. The summed E-state index contributed by atoms with van der Waals surface area (Å²) in [6, 6.07) is 0. The molecule has 2 atom stereocenters. The molecule has 1 aliphatic rings. The smallest absolute Gasteiger partial charge is 0.341 e. The number of nitrogen functional groups attached to an aromatic ring is 1. The van der Waals surface area contributed by atoms with Crippen LogP contribution >= 0.6 is 11.3 Å². The lowest BCUT2D eigenvalue weighted by Gasteiger charge is -2.24. The molecule has 88 valence electrons. The molecule has 2 rings (SSSR count). The first-order valence-corrected chi connectivity index (χ1v) is 6.38. The van der Waals surface area contributed by atoms with E-state index >= 15 is 0 Å². The van der Waals surface area contributed by atoms with Crippen molar-refractivity contribution in [3.63, 3.8) is 0 Å². The van der Waals surface area contributed by atoms with Gasteiger partial charge in [0.2, 0.25) is 0 Å². The number of anilines is 1. The van der Waals surface area contributed by atoms with Crippen LogP contribution in [-0.4, -0.2) is 13.1 Å². The molecule has 1 aromatic heterocycles. The molecule has 0 radical (unpaired) electrons. The SMILES string of the molecule is COC(=O)c1c(N)sc2c1C(C)CCC2C. The molecule has 1 aliphatic carbocycles. The maximum Gasteiger partial charge on any atom is 0.341 e. The predicted octanol–water partition coefficient (Wildman–Crippen LogP) is 3.12. The summed E-state index contributed by atoms with van der Waals surface area (Å²) in [5.74, 6) is 0.627. The lowest BCUT2D eigenvalue weighted by Crippen LogP contribution is -2.13. The second kappa shape index (κ2) is 4.09. The highest BCUT2D eigenvalue weighted by Gasteiger charge is 2.31. The van der Waals surface area contributed by atoms with Gasteiger partial charge in [-0.3, -0.25) is 0 Å². The van der Waals surface area contributed by atoms with E-state index in [1.807, 2.05) is 0 Å². The van der Waals surface area contributed by atoms with Crippen molar-refractivity contribution in [2.24, 2.45) is 0 Å². The fourth-order valence-electron chi connectivity index (χ4n) is 2.42. The van der Waals surface area contributed by atoms with Crippen LogP contribution in [0.25, 0.3) is 0 Å². The molecule has 2 unspecified atom stereocenters. The lowest BCUT2D eigenvalue weighted by atomic mass is 9.81. The number of nitrogens with two attached hydrogens (primary N) is 1. The summed E-state index contributed by atoms with van der Waals surface area (Å²) in [4.78, 5) is 13.0. The Bertz CT molecular complexity index is 425. The molecule has 0 fully saturated rings. The van der Waals surface area contributed by atoms with Crippen LogP contribution < -0.4 is 5.73 Å². The maximum atomic E-state index is 11.7. The number of hydrogen-bond acceptors (Lipinski definition) is 4. The van der Waals surface area contributed by atoms with Crippen molar-refractivity contribution >= 4 is 22.3 Å². The molecular weight excluding hydrogens is 222 g/mol. The first-order valence-electron chi connectivity index (χ1n) is 5.56. The van der Waals surface area contributed by atoms with E-state index in [2.05, 4.69) is 13.8 Å². The minimum Gasteiger partial charge on any atom is -0.465 e. The zero-order valence-corrected chi connectivity index (χ0v) is 10.7. The molecule has 0 aromatic carbocycles. The Morgan fingerprint density at radius 2 is 2.00 bits per heavy atom. The molecular formula is C12H17NO2S. The predicted molar refractivity (Wildman–Crippen MR) is 66.1 cm³/mol. The Morgan fingerprint density at radius 3 is 2.62 bits per heavy atom. The fourth-order valence-corrected chi connectivity index (χ4v) is 3.69. The van der Waals surface area contributed by atoms with Gasteiger partial charge in [0.1, 0.15) is 5.00 Å². The van der Waals surface area contributed by atoms with E-state index in [9.17, 15) is 4.79 Å². The lowest BCUT2D eigenvalue weighted by molar-refractivity contribution is 0.0600. The van der Waals surface area contributed by atoms with Crippen molar-refractivity contribution < 1.29 is 9.53 Å². The van der Waals surface area contributed by atoms with Crippen LogP contribution in [0.3, 0.4) is 0 Å². The van der Waals surface area contributed by atoms with Gasteiger partial charge < -0.3 is 10.5 Å². The second-order valence-electron chi connectivity index (χ2n) is 4.49. The summed E-state index contributed by atoms with van der Waals surface area (Å²) in [6.45, 7) is 4.35. The second-order valence-corrected chi connectivity index (χ2v) is 5.57. The molecule has 4 heteroatoms. The van der Waals surface area contributed by atoms with Gasteiger partial charge in [0, 0.05) is 4.88 Å². The molecule has 0 bridgehead atoms. The molecule has 1 aromatic rings. The van der Waals surface area contributed by atoms with Gasteiger partial charge in [0.15, 0.2) is 0 Å². The van der Waals surface area contributed by atoms with Crippen molar-refractivity contribution in [3.05, 3.63) is 16.0 Å². The first-order chi connectivity index (χ1) is 7.56. The van der Waals surface area contributed by atoms with Gasteiger partial charge in [-0.1, -0.05) is 13.8 Å². The van der Waals surface area contributed by atoms with Gasteiger partial charge >= 0.3 is 5.97 Å². The van der Waals surface area contributed by atoms with Crippen molar-refractivity contribution in [3.8, 4) is 0 Å². The molecule has 0 aliphatic heterocycles. The van der Waals surface area contributed by atoms with E-state index in [1.165, 1.54) is 18.4 Å². The highest BCUT2D eigenvalue weighted by molar-refractivity contribution is 7.16. The van der Waals surface area contributed by atoms with Crippen LogP contribution in [0.4, 0.5) is 5.00 Å². The van der Waals surface area contributed by atoms with Crippen molar-refractivity contribution in [2.45, 2.75) is 38.5 Å². The number of esters is 1. The van der Waals surface area contributed by atoms with Crippen LogP contribution in [-0.2, 0) is 4.74 Å². The summed E-state index contributed by atoms with van der Waals surface area (Å²) in [5.41, 5.74) is 7.68. The molecule has 16 heavy (non-hydrogen) atoms. The van der Waals surface area contributed by atoms with Crippen LogP contribution in [0.5, 0.6) is 0 Å². The Labute approximate surface area is 99.6 Å². The van der Waals surface area contributed by atoms with Crippen molar-refractivity contribution in [2.75, 3.05) is 12.8 Å². The monoisotopic (exact) mass is 239 g/mol. The minimum atomic E-state index is -0.295. The van der Waals surface area contributed by atoms with E-state index in [-0.39, 0.29) is 5.97 Å². The Balaban J connectivity index is 2.58. The number of fused-ring (bicyclic) bond motifs is 1. The normalized spacial score (nSPS) is 23.9. The molecule has 0 saturated heterocycles. The number of hydrogen-bond donors (Lipinski definition) is 1. The zero-order valence-electron chi connectivity index (χ0n) is 9.87. The van der Waals surface area contributed by atoms with E-state index in [1.54, 1.807) is 11.3 Å². The van der Waals surface area contributed by atoms with Crippen LogP contribution in [0, 0.1) is 0 Å². The van der Waals surface area contributed by atoms with Gasteiger partial charge in [0.25, 0.3) is 0 Å². The summed E-state index contributed by atoms with van der Waals surface area (Å²) in [6.07, 6.45) is 2.29. The van der Waals surface area contributed by atoms with E-state index < -0.39 is 0 Å². The number of rotatable bonds is 1. The third-order valence-corrected chi connectivity index (χ3v) is 4.63. The number of carbonyl (C=O) groups is 1. The molecule has 2 N–H and O–H groups in total. The minimum absolute atomic E-state index is 0.295. The van der Waals surface area contributed by atoms with Crippen LogP contribution in [0.2, 0.25) is 0 Å². The number of thiophene rings is 1. The van der Waals surface area contributed by atoms with Gasteiger partial charge in [0.05, 0.1) is 12.7 Å². The molecule has 3 nitrogen and oxygen atoms in total. The average Bonchev–Trinajstić information content (AvgIpc) is 2.61. The summed E-state index contributed by atoms with van der Waals surface area (Å²) >= 11 is 1.55. The third kappa shape index (κ3) is 1.61. The van der Waals surface area contributed by atoms with Gasteiger partial charge in [-0.2, -0.15) is 0 Å². The molecule has 0 saturated carbocycles. The number of carbonyl (C=O) groups excluding carboxylic acids is 1. The molecule has 0 amide bonds. The van der Waals surface area contributed by atoms with E-state index in [0.717, 1.165) is 12.0 Å². The van der Waals surface area contributed by atoms with Crippen LogP contribution in [0.15, 0.2) is 0 Å². The fraction of sp³-hybridized carbons (Fsp3) is 0.583. The highest BCUT2D eigenvalue weighted by atomic mass is 32.1.